The Balaban J connectivity index is 2.80. The van der Waals surface area contributed by atoms with Crippen molar-refractivity contribution in [2.45, 2.75) is 6.18 Å². The van der Waals surface area contributed by atoms with Gasteiger partial charge in [0.05, 0.1) is 5.56 Å². The minimum absolute atomic E-state index is 0.0665. The molecule has 0 unspecified atom stereocenters. The van der Waals surface area contributed by atoms with Crippen molar-refractivity contribution in [2.24, 2.45) is 5.73 Å². The Morgan fingerprint density at radius 1 is 1.12 bits per heavy atom. The number of nitrogens with one attached hydrogen (secondary N) is 1. The first-order valence-corrected chi connectivity index (χ1v) is 4.09. The molecule has 1 aromatic rings. The zero-order chi connectivity index (χ0) is 12.3. The summed E-state index contributed by atoms with van der Waals surface area (Å²) in [4.78, 5) is 21.1. The molecule has 0 spiro atoms. The van der Waals surface area contributed by atoms with Crippen molar-refractivity contribution in [3.05, 3.63) is 29.8 Å². The largest absolute Gasteiger partial charge is 0.416 e. The van der Waals surface area contributed by atoms with Gasteiger partial charge >= 0.3 is 18.0 Å². The van der Waals surface area contributed by atoms with E-state index in [4.69, 9.17) is 0 Å². The first kappa shape index (κ1) is 12.0. The van der Waals surface area contributed by atoms with Gasteiger partial charge in [0.1, 0.15) is 0 Å². The zero-order valence-electron chi connectivity index (χ0n) is 7.84. The number of primary amides is 1. The Morgan fingerprint density at radius 3 is 2.00 bits per heavy atom. The summed E-state index contributed by atoms with van der Waals surface area (Å²) < 4.78 is 36.4. The van der Waals surface area contributed by atoms with E-state index in [9.17, 15) is 22.8 Å². The predicted octanol–water partition coefficient (Wildman–Crippen LogP) is 1.13. The van der Waals surface area contributed by atoms with Crippen molar-refractivity contribution in [3.63, 3.8) is 0 Å². The fourth-order valence-electron chi connectivity index (χ4n) is 0.935. The van der Waals surface area contributed by atoms with E-state index in [0.717, 1.165) is 24.3 Å². The minimum atomic E-state index is -4.44. The number of hydrogen-bond donors (Lipinski definition) is 2. The van der Waals surface area contributed by atoms with Gasteiger partial charge in [-0.3, -0.25) is 9.59 Å². The van der Waals surface area contributed by atoms with E-state index in [2.05, 4.69) is 5.73 Å². The highest BCUT2D eigenvalue weighted by Crippen LogP contribution is 2.29. The van der Waals surface area contributed by atoms with E-state index in [-0.39, 0.29) is 5.69 Å². The molecule has 2 amide bonds. The third-order valence-electron chi connectivity index (χ3n) is 1.69. The van der Waals surface area contributed by atoms with Crippen molar-refractivity contribution >= 4 is 17.5 Å². The maximum absolute atomic E-state index is 12.1. The molecule has 0 saturated heterocycles. The fraction of sp³-hybridized carbons (Fsp3) is 0.111. The van der Waals surface area contributed by atoms with E-state index in [1.54, 1.807) is 0 Å². The van der Waals surface area contributed by atoms with Crippen molar-refractivity contribution < 1.29 is 22.8 Å². The van der Waals surface area contributed by atoms with Gasteiger partial charge in [0.2, 0.25) is 0 Å². The molecular weight excluding hydrogens is 225 g/mol. The summed E-state index contributed by atoms with van der Waals surface area (Å²) in [6.45, 7) is 0. The first-order chi connectivity index (χ1) is 7.30. The van der Waals surface area contributed by atoms with E-state index >= 15 is 0 Å². The Hall–Kier alpha value is -2.05. The van der Waals surface area contributed by atoms with Gasteiger partial charge in [0, 0.05) is 5.69 Å². The van der Waals surface area contributed by atoms with Gasteiger partial charge in [0.15, 0.2) is 0 Å². The summed E-state index contributed by atoms with van der Waals surface area (Å²) in [6.07, 6.45) is -4.44. The highest BCUT2D eigenvalue weighted by molar-refractivity contribution is 6.39. The van der Waals surface area contributed by atoms with Gasteiger partial charge in [0.25, 0.3) is 0 Å². The van der Waals surface area contributed by atoms with Crippen LogP contribution in [0.1, 0.15) is 5.56 Å². The Kier molecular flexibility index (Phi) is 3.17. The van der Waals surface area contributed by atoms with Crippen molar-refractivity contribution in [1.82, 2.24) is 0 Å². The topological polar surface area (TPSA) is 72.2 Å². The number of hydrogen-bond acceptors (Lipinski definition) is 2. The maximum Gasteiger partial charge on any atom is 0.416 e. The number of amides is 2. The molecule has 0 aliphatic carbocycles. The third kappa shape index (κ3) is 2.97. The van der Waals surface area contributed by atoms with Crippen LogP contribution in [0.3, 0.4) is 0 Å². The van der Waals surface area contributed by atoms with Crippen LogP contribution in [0.5, 0.6) is 0 Å². The molecule has 0 saturated carbocycles. The van der Waals surface area contributed by atoms with Gasteiger partial charge in [-0.05, 0) is 24.3 Å². The molecule has 7 heteroatoms. The van der Waals surface area contributed by atoms with Gasteiger partial charge < -0.3 is 11.1 Å². The average molecular weight is 232 g/mol. The average Bonchev–Trinajstić information content (AvgIpc) is 2.17. The molecule has 0 aliphatic rings. The molecule has 0 heterocycles. The molecule has 0 aliphatic heterocycles. The summed E-state index contributed by atoms with van der Waals surface area (Å²) in [7, 11) is 0. The van der Waals surface area contributed by atoms with Crippen LogP contribution in [-0.4, -0.2) is 11.8 Å². The lowest BCUT2D eigenvalue weighted by molar-refractivity contribution is -0.137. The molecule has 1 aromatic carbocycles. The molecule has 0 atom stereocenters. The van der Waals surface area contributed by atoms with Crippen LogP contribution in [0.2, 0.25) is 0 Å². The molecular formula is C9H7F3N2O2. The lowest BCUT2D eigenvalue weighted by Gasteiger charge is -2.07. The minimum Gasteiger partial charge on any atom is -0.361 e. The van der Waals surface area contributed by atoms with Crippen molar-refractivity contribution in [1.29, 1.82) is 0 Å². The standard InChI is InChI=1S/C9H7F3N2O2/c10-9(11,12)5-1-3-6(4-2-5)14-8(16)7(13)15/h1-4H,(H2,13,15)(H,14,16). The van der Waals surface area contributed by atoms with Gasteiger partial charge in [-0.1, -0.05) is 0 Å². The SMILES string of the molecule is NC(=O)C(=O)Nc1ccc(C(F)(F)F)cc1. The molecule has 1 rings (SSSR count). The van der Waals surface area contributed by atoms with Crippen LogP contribution in [0, 0.1) is 0 Å². The van der Waals surface area contributed by atoms with E-state index in [0.29, 0.717) is 0 Å². The summed E-state index contributed by atoms with van der Waals surface area (Å²) in [5.41, 5.74) is 3.88. The second-order valence-electron chi connectivity index (χ2n) is 2.89. The number of nitrogens with two attached hydrogens (primary N) is 1. The molecule has 3 N–H and O–H groups in total. The lowest BCUT2D eigenvalue weighted by atomic mass is 10.2. The number of anilines is 1. The Labute approximate surface area is 88.2 Å². The normalized spacial score (nSPS) is 10.9. The molecule has 86 valence electrons. The van der Waals surface area contributed by atoms with Crippen LogP contribution < -0.4 is 11.1 Å². The first-order valence-electron chi connectivity index (χ1n) is 4.09. The van der Waals surface area contributed by atoms with Gasteiger partial charge in [-0.25, -0.2) is 0 Å². The van der Waals surface area contributed by atoms with E-state index in [1.165, 1.54) is 0 Å². The molecule has 4 nitrogen and oxygen atoms in total. The molecule has 0 bridgehead atoms. The summed E-state index contributed by atoms with van der Waals surface area (Å²) in [5, 5.41) is 2.04. The van der Waals surface area contributed by atoms with E-state index in [1.807, 2.05) is 5.32 Å². The third-order valence-corrected chi connectivity index (χ3v) is 1.69. The predicted molar refractivity (Wildman–Crippen MR) is 49.3 cm³/mol. The van der Waals surface area contributed by atoms with Crippen LogP contribution in [0.25, 0.3) is 0 Å². The highest BCUT2D eigenvalue weighted by atomic mass is 19.4. The zero-order valence-corrected chi connectivity index (χ0v) is 7.84. The number of alkyl halides is 3. The Morgan fingerprint density at radius 2 is 1.62 bits per heavy atom. The van der Waals surface area contributed by atoms with Crippen molar-refractivity contribution in [3.8, 4) is 0 Å². The molecule has 0 radical (unpaired) electrons. The lowest BCUT2D eigenvalue weighted by Crippen LogP contribution is -2.29. The van der Waals surface area contributed by atoms with Gasteiger partial charge in [-0.15, -0.1) is 0 Å². The van der Waals surface area contributed by atoms with Crippen LogP contribution >= 0.6 is 0 Å². The summed E-state index contributed by atoms with van der Waals surface area (Å²) >= 11 is 0. The fourth-order valence-corrected chi connectivity index (χ4v) is 0.935. The number of benzene rings is 1. The second-order valence-corrected chi connectivity index (χ2v) is 2.89. The number of carbonyl (C=O) groups excluding carboxylic acids is 2. The monoisotopic (exact) mass is 232 g/mol. The molecule has 16 heavy (non-hydrogen) atoms. The van der Waals surface area contributed by atoms with Crippen LogP contribution in [-0.2, 0) is 15.8 Å². The maximum atomic E-state index is 12.1. The highest BCUT2D eigenvalue weighted by Gasteiger charge is 2.29. The smallest absolute Gasteiger partial charge is 0.361 e. The number of carbonyl (C=O) groups is 2. The van der Waals surface area contributed by atoms with E-state index < -0.39 is 23.6 Å². The number of halogens is 3. The molecule has 0 aromatic heterocycles. The van der Waals surface area contributed by atoms with Gasteiger partial charge in [-0.2, -0.15) is 13.2 Å². The molecule has 0 fully saturated rings. The van der Waals surface area contributed by atoms with Crippen LogP contribution in [0.15, 0.2) is 24.3 Å². The summed E-state index contributed by atoms with van der Waals surface area (Å²) in [6, 6.07) is 3.64. The van der Waals surface area contributed by atoms with Crippen LogP contribution in [0.4, 0.5) is 18.9 Å². The summed E-state index contributed by atoms with van der Waals surface area (Å²) in [5.74, 6) is -2.29. The number of rotatable bonds is 1. The quantitative estimate of drug-likeness (QED) is 0.712. The Bertz CT molecular complexity index is 412. The second kappa shape index (κ2) is 4.21. The van der Waals surface area contributed by atoms with Crippen molar-refractivity contribution in [2.75, 3.05) is 5.32 Å².